The molecular formula is C18H17ClN4OS. The quantitative estimate of drug-likeness (QED) is 0.648. The number of anilines is 1. The number of aromatic nitrogens is 3. The second-order valence-corrected chi connectivity index (χ2v) is 6.96. The lowest BCUT2D eigenvalue weighted by Crippen LogP contribution is -2.15. The minimum atomic E-state index is -0.148. The highest BCUT2D eigenvalue weighted by atomic mass is 35.5. The van der Waals surface area contributed by atoms with Gasteiger partial charge in [0.2, 0.25) is 11.1 Å². The molecule has 0 saturated carbocycles. The van der Waals surface area contributed by atoms with Crippen molar-refractivity contribution in [3.63, 3.8) is 0 Å². The average molecular weight is 373 g/mol. The summed E-state index contributed by atoms with van der Waals surface area (Å²) in [6, 6.07) is 13.5. The molecule has 0 spiro atoms. The van der Waals surface area contributed by atoms with Gasteiger partial charge in [-0.25, -0.2) is 4.98 Å². The van der Waals surface area contributed by atoms with Crippen LogP contribution < -0.4 is 5.32 Å². The van der Waals surface area contributed by atoms with Crippen molar-refractivity contribution in [3.05, 3.63) is 58.6 Å². The fourth-order valence-corrected chi connectivity index (χ4v) is 3.38. The number of halogens is 1. The third-order valence-corrected chi connectivity index (χ3v) is 4.69. The van der Waals surface area contributed by atoms with E-state index in [1.165, 1.54) is 11.8 Å². The standard InChI is InChI=1S/C18H17ClN4OS/c1-11-8-12(2)16(14(19)9-11)20-15(24)10-25-18-21-17(22-23-18)13-6-4-3-5-7-13/h3-9H,10H2,1-2H3,(H,20,24)(H,21,22,23). The van der Waals surface area contributed by atoms with Crippen molar-refractivity contribution in [2.75, 3.05) is 11.1 Å². The van der Waals surface area contributed by atoms with Gasteiger partial charge in [0.25, 0.3) is 0 Å². The van der Waals surface area contributed by atoms with Crippen molar-refractivity contribution in [3.8, 4) is 11.4 Å². The van der Waals surface area contributed by atoms with Gasteiger partial charge in [-0.3, -0.25) is 9.89 Å². The van der Waals surface area contributed by atoms with Crippen LogP contribution in [0.4, 0.5) is 5.69 Å². The van der Waals surface area contributed by atoms with Crippen molar-refractivity contribution in [2.24, 2.45) is 0 Å². The Morgan fingerprint density at radius 3 is 2.72 bits per heavy atom. The van der Waals surface area contributed by atoms with Crippen LogP contribution >= 0.6 is 23.4 Å². The van der Waals surface area contributed by atoms with Crippen molar-refractivity contribution >= 4 is 35.0 Å². The van der Waals surface area contributed by atoms with E-state index in [1.54, 1.807) is 0 Å². The van der Waals surface area contributed by atoms with Crippen LogP contribution in [-0.2, 0) is 4.79 Å². The largest absolute Gasteiger partial charge is 0.324 e. The van der Waals surface area contributed by atoms with Gasteiger partial charge in [0.15, 0.2) is 5.82 Å². The number of nitrogens with zero attached hydrogens (tertiary/aromatic N) is 2. The Kier molecular flexibility index (Phi) is 5.40. The molecule has 0 atom stereocenters. The minimum absolute atomic E-state index is 0.148. The maximum Gasteiger partial charge on any atom is 0.234 e. The molecule has 0 fully saturated rings. The highest BCUT2D eigenvalue weighted by Gasteiger charge is 2.12. The first-order valence-electron chi connectivity index (χ1n) is 7.70. The van der Waals surface area contributed by atoms with Crippen molar-refractivity contribution < 1.29 is 4.79 Å². The van der Waals surface area contributed by atoms with E-state index in [-0.39, 0.29) is 11.7 Å². The van der Waals surface area contributed by atoms with Gasteiger partial charge in [0.1, 0.15) is 0 Å². The predicted octanol–water partition coefficient (Wildman–Crippen LogP) is 4.47. The number of aromatic amines is 1. The Bertz CT molecular complexity index is 872. The van der Waals surface area contributed by atoms with Crippen LogP contribution in [0.2, 0.25) is 5.02 Å². The second kappa shape index (κ2) is 7.72. The molecule has 0 bridgehead atoms. The molecule has 0 aliphatic heterocycles. The van der Waals surface area contributed by atoms with E-state index in [0.29, 0.717) is 21.7 Å². The maximum absolute atomic E-state index is 12.2. The first-order valence-corrected chi connectivity index (χ1v) is 9.06. The summed E-state index contributed by atoms with van der Waals surface area (Å²) in [4.78, 5) is 16.6. The lowest BCUT2D eigenvalue weighted by Gasteiger charge is -2.11. The summed E-state index contributed by atoms with van der Waals surface area (Å²) in [5.74, 6) is 0.737. The summed E-state index contributed by atoms with van der Waals surface area (Å²) in [5, 5.41) is 11.0. The van der Waals surface area contributed by atoms with Crippen LogP contribution in [0.15, 0.2) is 47.6 Å². The lowest BCUT2D eigenvalue weighted by atomic mass is 10.1. The highest BCUT2D eigenvalue weighted by Crippen LogP contribution is 2.27. The van der Waals surface area contributed by atoms with E-state index in [2.05, 4.69) is 20.5 Å². The molecule has 1 heterocycles. The van der Waals surface area contributed by atoms with E-state index < -0.39 is 0 Å². The monoisotopic (exact) mass is 372 g/mol. The van der Waals surface area contributed by atoms with E-state index in [9.17, 15) is 4.79 Å². The molecule has 1 aromatic heterocycles. The van der Waals surface area contributed by atoms with Gasteiger partial charge in [-0.05, 0) is 31.0 Å². The summed E-state index contributed by atoms with van der Waals surface area (Å²) >= 11 is 7.49. The number of carbonyl (C=O) groups is 1. The lowest BCUT2D eigenvalue weighted by molar-refractivity contribution is -0.113. The summed E-state index contributed by atoms with van der Waals surface area (Å²) in [6.07, 6.45) is 0. The second-order valence-electron chi connectivity index (χ2n) is 5.61. The molecule has 2 N–H and O–H groups in total. The smallest absolute Gasteiger partial charge is 0.234 e. The van der Waals surface area contributed by atoms with Crippen LogP contribution in [0.5, 0.6) is 0 Å². The molecule has 0 aliphatic rings. The number of aryl methyl sites for hydroxylation is 2. The van der Waals surface area contributed by atoms with Crippen molar-refractivity contribution in [1.82, 2.24) is 15.2 Å². The van der Waals surface area contributed by atoms with Gasteiger partial charge in [0, 0.05) is 5.56 Å². The van der Waals surface area contributed by atoms with Crippen LogP contribution in [-0.4, -0.2) is 26.8 Å². The zero-order valence-corrected chi connectivity index (χ0v) is 15.4. The third-order valence-electron chi connectivity index (χ3n) is 3.54. The van der Waals surface area contributed by atoms with Gasteiger partial charge in [0.05, 0.1) is 16.5 Å². The number of amides is 1. The molecule has 0 radical (unpaired) electrons. The normalized spacial score (nSPS) is 10.7. The fourth-order valence-electron chi connectivity index (χ4n) is 2.42. The Balaban J connectivity index is 1.61. The summed E-state index contributed by atoms with van der Waals surface area (Å²) < 4.78 is 0. The number of rotatable bonds is 5. The van der Waals surface area contributed by atoms with Gasteiger partial charge in [-0.2, -0.15) is 0 Å². The van der Waals surface area contributed by atoms with E-state index in [4.69, 9.17) is 11.6 Å². The molecule has 0 unspecified atom stereocenters. The van der Waals surface area contributed by atoms with Gasteiger partial charge >= 0.3 is 0 Å². The third kappa shape index (κ3) is 4.41. The summed E-state index contributed by atoms with van der Waals surface area (Å²) in [7, 11) is 0. The van der Waals surface area contributed by atoms with Crippen LogP contribution in [0.25, 0.3) is 11.4 Å². The Hall–Kier alpha value is -2.31. The van der Waals surface area contributed by atoms with Gasteiger partial charge in [-0.1, -0.05) is 59.8 Å². The molecule has 5 nitrogen and oxygen atoms in total. The van der Waals surface area contributed by atoms with Crippen LogP contribution in [0, 0.1) is 13.8 Å². The molecule has 1 amide bonds. The molecule has 0 saturated heterocycles. The molecule has 3 aromatic rings. The number of H-pyrrole nitrogens is 1. The SMILES string of the molecule is Cc1cc(C)c(NC(=O)CSc2n[nH]c(-c3ccccc3)n2)c(Cl)c1. The summed E-state index contributed by atoms with van der Waals surface area (Å²) in [5.41, 5.74) is 3.60. The number of benzene rings is 2. The number of carbonyl (C=O) groups excluding carboxylic acids is 1. The number of hydrogen-bond acceptors (Lipinski definition) is 4. The molecule has 25 heavy (non-hydrogen) atoms. The number of thioether (sulfide) groups is 1. The first-order chi connectivity index (χ1) is 12.0. The van der Waals surface area contributed by atoms with Gasteiger partial charge in [-0.15, -0.1) is 5.10 Å². The predicted molar refractivity (Wildman–Crippen MR) is 102 cm³/mol. The molecule has 128 valence electrons. The van der Waals surface area contributed by atoms with Gasteiger partial charge < -0.3 is 5.32 Å². The molecule has 3 rings (SSSR count). The summed E-state index contributed by atoms with van der Waals surface area (Å²) in [6.45, 7) is 3.89. The number of nitrogens with one attached hydrogen (secondary N) is 2. The van der Waals surface area contributed by atoms with Crippen molar-refractivity contribution in [2.45, 2.75) is 19.0 Å². The van der Waals surface area contributed by atoms with E-state index in [0.717, 1.165) is 16.7 Å². The molecular weight excluding hydrogens is 356 g/mol. The van der Waals surface area contributed by atoms with E-state index in [1.807, 2.05) is 56.3 Å². The molecule has 2 aromatic carbocycles. The molecule has 7 heteroatoms. The number of hydrogen-bond donors (Lipinski definition) is 2. The zero-order valence-electron chi connectivity index (χ0n) is 13.8. The van der Waals surface area contributed by atoms with Crippen LogP contribution in [0.3, 0.4) is 0 Å². The van der Waals surface area contributed by atoms with Crippen LogP contribution in [0.1, 0.15) is 11.1 Å². The fraction of sp³-hybridized carbons (Fsp3) is 0.167. The topological polar surface area (TPSA) is 70.7 Å². The Morgan fingerprint density at radius 2 is 2.00 bits per heavy atom. The first kappa shape index (κ1) is 17.5. The minimum Gasteiger partial charge on any atom is -0.324 e. The molecule has 0 aliphatic carbocycles. The van der Waals surface area contributed by atoms with Crippen molar-refractivity contribution in [1.29, 1.82) is 0 Å². The Labute approximate surface area is 155 Å². The maximum atomic E-state index is 12.2. The zero-order chi connectivity index (χ0) is 17.8. The average Bonchev–Trinajstić information content (AvgIpc) is 3.06. The highest BCUT2D eigenvalue weighted by molar-refractivity contribution is 7.99. The van der Waals surface area contributed by atoms with E-state index >= 15 is 0 Å². The Morgan fingerprint density at radius 1 is 1.24 bits per heavy atom.